The van der Waals surface area contributed by atoms with E-state index in [1.165, 1.54) is 0 Å². The molecule has 2 aromatic carbocycles. The van der Waals surface area contributed by atoms with Crippen LogP contribution >= 0.6 is 23.2 Å². The van der Waals surface area contributed by atoms with E-state index in [0.717, 1.165) is 6.42 Å². The molecule has 3 rings (SSSR count). The molecule has 2 aromatic rings. The Labute approximate surface area is 186 Å². The lowest BCUT2D eigenvalue weighted by Crippen LogP contribution is -2.42. The van der Waals surface area contributed by atoms with Crippen LogP contribution in [0.15, 0.2) is 36.4 Å². The van der Waals surface area contributed by atoms with E-state index in [-0.39, 0.29) is 18.4 Å². The maximum Gasteiger partial charge on any atom is 0.262 e. The molecule has 1 aliphatic rings. The number of carbonyl (C=O) groups excluding carboxylic acids is 2. The summed E-state index contributed by atoms with van der Waals surface area (Å²) in [6.45, 7) is 6.38. The van der Waals surface area contributed by atoms with Gasteiger partial charge >= 0.3 is 0 Å². The summed E-state index contributed by atoms with van der Waals surface area (Å²) in [5.74, 6) is 0.620. The molecule has 1 aliphatic heterocycles. The molecule has 0 spiro atoms. The van der Waals surface area contributed by atoms with Crippen LogP contribution in [-0.2, 0) is 9.59 Å². The van der Waals surface area contributed by atoms with E-state index in [1.54, 1.807) is 41.3 Å². The highest BCUT2D eigenvalue weighted by molar-refractivity contribution is 6.35. The zero-order valence-electron chi connectivity index (χ0n) is 17.1. The van der Waals surface area contributed by atoms with Crippen LogP contribution in [0, 0.1) is 5.41 Å². The van der Waals surface area contributed by atoms with Crippen molar-refractivity contribution in [2.75, 3.05) is 30.0 Å². The highest BCUT2D eigenvalue weighted by atomic mass is 35.5. The first-order chi connectivity index (χ1) is 14.2. The van der Waals surface area contributed by atoms with Crippen molar-refractivity contribution in [1.82, 2.24) is 0 Å². The first-order valence-electron chi connectivity index (χ1n) is 9.68. The topological polar surface area (TPSA) is 67.9 Å². The molecule has 0 fully saturated rings. The zero-order valence-corrected chi connectivity index (χ0v) is 18.6. The van der Waals surface area contributed by atoms with Crippen LogP contribution in [-0.4, -0.2) is 31.6 Å². The van der Waals surface area contributed by atoms with Crippen LogP contribution in [0.3, 0.4) is 0 Å². The van der Waals surface area contributed by atoms with E-state index in [0.29, 0.717) is 46.1 Å². The fourth-order valence-corrected chi connectivity index (χ4v) is 3.56. The number of rotatable bonds is 6. The lowest BCUT2D eigenvalue weighted by Gasteiger charge is -2.27. The predicted octanol–water partition coefficient (Wildman–Crippen LogP) is 5.17. The summed E-state index contributed by atoms with van der Waals surface area (Å²) in [5, 5.41) is 3.60. The molecule has 0 saturated carbocycles. The monoisotopic (exact) mass is 450 g/mol. The average molecular weight is 451 g/mol. The van der Waals surface area contributed by atoms with Crippen LogP contribution in [0.2, 0.25) is 10.0 Å². The largest absolute Gasteiger partial charge is 0.490 e. The first-order valence-corrected chi connectivity index (χ1v) is 10.4. The number of nitrogens with zero attached hydrogens (tertiary/aromatic N) is 1. The van der Waals surface area contributed by atoms with Crippen LogP contribution in [0.4, 0.5) is 11.4 Å². The predicted molar refractivity (Wildman–Crippen MR) is 119 cm³/mol. The minimum atomic E-state index is -0.636. The molecule has 0 aromatic heterocycles. The van der Waals surface area contributed by atoms with Gasteiger partial charge in [0.15, 0.2) is 6.61 Å². The van der Waals surface area contributed by atoms with Gasteiger partial charge in [-0.15, -0.1) is 0 Å². The van der Waals surface area contributed by atoms with Gasteiger partial charge in [-0.3, -0.25) is 9.59 Å². The Morgan fingerprint density at radius 1 is 1.23 bits per heavy atom. The normalized spacial score (nSPS) is 15.1. The summed E-state index contributed by atoms with van der Waals surface area (Å²) >= 11 is 11.9. The van der Waals surface area contributed by atoms with Crippen molar-refractivity contribution in [2.45, 2.75) is 27.2 Å². The molecule has 0 aliphatic carbocycles. The number of anilines is 2. The second kappa shape index (κ2) is 9.14. The third-order valence-electron chi connectivity index (χ3n) is 4.65. The fourth-order valence-electron chi connectivity index (χ4n) is 3.10. The Morgan fingerprint density at radius 3 is 2.70 bits per heavy atom. The molecule has 8 heteroatoms. The molecule has 1 N–H and O–H groups in total. The van der Waals surface area contributed by atoms with Gasteiger partial charge in [0.1, 0.15) is 18.1 Å². The number of benzene rings is 2. The first kappa shape index (κ1) is 22.2. The van der Waals surface area contributed by atoms with Crippen LogP contribution in [0.25, 0.3) is 0 Å². The highest BCUT2D eigenvalue weighted by Gasteiger charge is 2.37. The number of hydrogen-bond acceptors (Lipinski definition) is 4. The lowest BCUT2D eigenvalue weighted by molar-refractivity contribution is -0.127. The molecule has 6 nitrogen and oxygen atoms in total. The van der Waals surface area contributed by atoms with E-state index >= 15 is 0 Å². The second-order valence-electron chi connectivity index (χ2n) is 7.72. The summed E-state index contributed by atoms with van der Waals surface area (Å²) in [6, 6.07) is 10.0. The SMILES string of the molecule is CCCN1C(=O)C(C)(C)COc2ccc(NC(=O)COc3ccc(Cl)cc3Cl)cc21. The number of halogens is 2. The smallest absolute Gasteiger partial charge is 0.262 e. The Balaban J connectivity index is 1.74. The Kier molecular flexibility index (Phi) is 6.78. The van der Waals surface area contributed by atoms with E-state index in [4.69, 9.17) is 32.7 Å². The van der Waals surface area contributed by atoms with Gasteiger partial charge < -0.3 is 19.7 Å². The Hall–Kier alpha value is -2.44. The molecule has 0 atom stereocenters. The molecule has 0 unspecified atom stereocenters. The van der Waals surface area contributed by atoms with Gasteiger partial charge in [-0.05, 0) is 56.7 Å². The van der Waals surface area contributed by atoms with Crippen molar-refractivity contribution < 1.29 is 19.1 Å². The summed E-state index contributed by atoms with van der Waals surface area (Å²) in [5.41, 5.74) is 0.553. The van der Waals surface area contributed by atoms with Gasteiger partial charge in [0.05, 0.1) is 16.1 Å². The molecule has 30 heavy (non-hydrogen) atoms. The van der Waals surface area contributed by atoms with Crippen molar-refractivity contribution in [2.24, 2.45) is 5.41 Å². The van der Waals surface area contributed by atoms with Crippen molar-refractivity contribution in [3.05, 3.63) is 46.4 Å². The minimum Gasteiger partial charge on any atom is -0.490 e. The molecule has 160 valence electrons. The molecule has 0 saturated heterocycles. The second-order valence-corrected chi connectivity index (χ2v) is 8.57. The van der Waals surface area contributed by atoms with Gasteiger partial charge in [0.25, 0.3) is 5.91 Å². The zero-order chi connectivity index (χ0) is 21.9. The molecule has 0 radical (unpaired) electrons. The van der Waals surface area contributed by atoms with Gasteiger partial charge in [0.2, 0.25) is 5.91 Å². The molecular weight excluding hydrogens is 427 g/mol. The van der Waals surface area contributed by atoms with Gasteiger partial charge in [-0.2, -0.15) is 0 Å². The van der Waals surface area contributed by atoms with Gasteiger partial charge in [-0.1, -0.05) is 30.1 Å². The van der Waals surface area contributed by atoms with Crippen LogP contribution in [0.5, 0.6) is 11.5 Å². The maximum atomic E-state index is 13.0. The summed E-state index contributed by atoms with van der Waals surface area (Å²) in [6.07, 6.45) is 0.799. The third-order valence-corrected chi connectivity index (χ3v) is 5.18. The number of ether oxygens (including phenoxy) is 2. The molecule has 0 bridgehead atoms. The van der Waals surface area contributed by atoms with E-state index in [9.17, 15) is 9.59 Å². The summed E-state index contributed by atoms with van der Waals surface area (Å²) in [7, 11) is 0. The standard InChI is InChI=1S/C22H24Cl2N2O4/c1-4-9-26-17-11-15(6-8-19(17)30-13-22(2,3)21(26)28)25-20(27)12-29-18-7-5-14(23)10-16(18)24/h5-8,10-11H,4,9,12-13H2,1-3H3,(H,25,27). The van der Waals surface area contributed by atoms with E-state index in [1.807, 2.05) is 20.8 Å². The number of nitrogens with one attached hydrogen (secondary N) is 1. The van der Waals surface area contributed by atoms with Crippen molar-refractivity contribution in [3.8, 4) is 11.5 Å². The molecular formula is C22H24Cl2N2O4. The number of carbonyl (C=O) groups is 2. The quantitative estimate of drug-likeness (QED) is 0.658. The molecule has 1 heterocycles. The molecule has 2 amide bonds. The van der Waals surface area contributed by atoms with Crippen molar-refractivity contribution in [1.29, 1.82) is 0 Å². The maximum absolute atomic E-state index is 13.0. The van der Waals surface area contributed by atoms with E-state index < -0.39 is 5.41 Å². The Bertz CT molecular complexity index is 962. The summed E-state index contributed by atoms with van der Waals surface area (Å²) < 4.78 is 11.3. The summed E-state index contributed by atoms with van der Waals surface area (Å²) in [4.78, 5) is 27.1. The van der Waals surface area contributed by atoms with Gasteiger partial charge in [-0.25, -0.2) is 0 Å². The Morgan fingerprint density at radius 2 is 2.00 bits per heavy atom. The van der Waals surface area contributed by atoms with Crippen molar-refractivity contribution in [3.63, 3.8) is 0 Å². The highest BCUT2D eigenvalue weighted by Crippen LogP contribution is 2.38. The van der Waals surface area contributed by atoms with E-state index in [2.05, 4.69) is 5.32 Å². The van der Waals surface area contributed by atoms with Crippen LogP contribution in [0.1, 0.15) is 27.2 Å². The number of fused-ring (bicyclic) bond motifs is 1. The van der Waals surface area contributed by atoms with Gasteiger partial charge in [0, 0.05) is 17.3 Å². The average Bonchev–Trinajstić information content (AvgIpc) is 2.78. The number of hydrogen-bond donors (Lipinski definition) is 1. The third kappa shape index (κ3) is 4.99. The minimum absolute atomic E-state index is 0.00714. The fraction of sp³-hybridized carbons (Fsp3) is 0.364. The van der Waals surface area contributed by atoms with Crippen LogP contribution < -0.4 is 19.7 Å². The number of amides is 2. The lowest BCUT2D eigenvalue weighted by atomic mass is 9.93. The van der Waals surface area contributed by atoms with Crippen molar-refractivity contribution >= 4 is 46.4 Å².